The second-order valence-corrected chi connectivity index (χ2v) is 7.36. The van der Waals surface area contributed by atoms with Gasteiger partial charge in [0.2, 0.25) is 11.8 Å². The van der Waals surface area contributed by atoms with E-state index in [1.807, 2.05) is 33.8 Å². The molecule has 0 radical (unpaired) electrons. The van der Waals surface area contributed by atoms with Crippen LogP contribution in [0.1, 0.15) is 38.3 Å². The summed E-state index contributed by atoms with van der Waals surface area (Å²) in [6.45, 7) is 12.2. The standard InChI is InChI=1S/C18H29N3O2/c1-12-8-13(2)16(20-9-12)23-11-18(4,5)17(22)21-15-6-7-19-10-14(15)3/h8-9,14-15,19H,6-7,10-11H2,1-5H3,(H,21,22)/t14-,15-/m0/s1. The van der Waals surface area contributed by atoms with Crippen molar-refractivity contribution in [1.29, 1.82) is 0 Å². The van der Waals surface area contributed by atoms with Gasteiger partial charge in [-0.05, 0) is 64.8 Å². The van der Waals surface area contributed by atoms with Crippen LogP contribution in [-0.4, -0.2) is 36.6 Å². The predicted molar refractivity (Wildman–Crippen MR) is 91.6 cm³/mol. The Labute approximate surface area is 139 Å². The van der Waals surface area contributed by atoms with E-state index in [2.05, 4.69) is 22.5 Å². The van der Waals surface area contributed by atoms with Crippen LogP contribution in [0, 0.1) is 25.2 Å². The number of rotatable bonds is 5. The molecule has 23 heavy (non-hydrogen) atoms. The van der Waals surface area contributed by atoms with Gasteiger partial charge in [0.05, 0.1) is 5.41 Å². The Hall–Kier alpha value is -1.62. The van der Waals surface area contributed by atoms with E-state index >= 15 is 0 Å². The fraction of sp³-hybridized carbons (Fsp3) is 0.667. The Morgan fingerprint density at radius 1 is 1.48 bits per heavy atom. The molecule has 2 atom stereocenters. The maximum Gasteiger partial charge on any atom is 0.229 e. The molecule has 1 aliphatic heterocycles. The number of pyridine rings is 1. The summed E-state index contributed by atoms with van der Waals surface area (Å²) < 4.78 is 5.81. The summed E-state index contributed by atoms with van der Waals surface area (Å²) in [5, 5.41) is 6.54. The van der Waals surface area contributed by atoms with Gasteiger partial charge < -0.3 is 15.4 Å². The van der Waals surface area contributed by atoms with Crippen LogP contribution >= 0.6 is 0 Å². The number of carbonyl (C=O) groups is 1. The van der Waals surface area contributed by atoms with Gasteiger partial charge in [0.15, 0.2) is 0 Å². The lowest BCUT2D eigenvalue weighted by Gasteiger charge is -2.33. The SMILES string of the molecule is Cc1cnc(OCC(C)(C)C(=O)N[C@H]2CCNC[C@@H]2C)c(C)c1. The number of aryl methyl sites for hydroxylation is 2. The Bertz CT molecular complexity index is 557. The average molecular weight is 319 g/mol. The van der Waals surface area contributed by atoms with Crippen LogP contribution in [0.15, 0.2) is 12.3 Å². The molecule has 1 aromatic heterocycles. The molecule has 1 amide bonds. The lowest BCUT2D eigenvalue weighted by Crippen LogP contribution is -2.52. The van der Waals surface area contributed by atoms with E-state index in [1.165, 1.54) is 0 Å². The molecule has 0 bridgehead atoms. The highest BCUT2D eigenvalue weighted by molar-refractivity contribution is 5.82. The summed E-state index contributed by atoms with van der Waals surface area (Å²) in [4.78, 5) is 16.9. The van der Waals surface area contributed by atoms with Crippen molar-refractivity contribution in [2.45, 2.75) is 47.1 Å². The highest BCUT2D eigenvalue weighted by Gasteiger charge is 2.32. The molecule has 0 aliphatic carbocycles. The van der Waals surface area contributed by atoms with E-state index in [0.29, 0.717) is 18.4 Å². The number of amides is 1. The molecule has 0 spiro atoms. The molecular weight excluding hydrogens is 290 g/mol. The van der Waals surface area contributed by atoms with Crippen molar-refractivity contribution in [3.63, 3.8) is 0 Å². The number of carbonyl (C=O) groups excluding carboxylic acids is 1. The van der Waals surface area contributed by atoms with Crippen LogP contribution in [0.25, 0.3) is 0 Å². The molecule has 1 saturated heterocycles. The second-order valence-electron chi connectivity index (χ2n) is 7.36. The van der Waals surface area contributed by atoms with Gasteiger partial charge in [-0.1, -0.05) is 6.92 Å². The van der Waals surface area contributed by atoms with Crippen LogP contribution in [0.3, 0.4) is 0 Å². The van der Waals surface area contributed by atoms with Crippen LogP contribution in [-0.2, 0) is 4.79 Å². The molecule has 2 heterocycles. The Morgan fingerprint density at radius 2 is 2.22 bits per heavy atom. The molecule has 2 N–H and O–H groups in total. The third-order valence-electron chi connectivity index (χ3n) is 4.45. The first kappa shape index (κ1) is 17.7. The molecule has 5 heteroatoms. The Kier molecular flexibility index (Phi) is 5.63. The second kappa shape index (κ2) is 7.30. The van der Waals surface area contributed by atoms with E-state index < -0.39 is 5.41 Å². The van der Waals surface area contributed by atoms with E-state index in [0.717, 1.165) is 30.6 Å². The van der Waals surface area contributed by atoms with Crippen LogP contribution in [0.5, 0.6) is 5.88 Å². The predicted octanol–water partition coefficient (Wildman–Crippen LogP) is 2.22. The van der Waals surface area contributed by atoms with Crippen molar-refractivity contribution in [2.75, 3.05) is 19.7 Å². The summed E-state index contributed by atoms with van der Waals surface area (Å²) >= 11 is 0. The first-order valence-electron chi connectivity index (χ1n) is 8.37. The Balaban J connectivity index is 1.93. The molecule has 128 valence electrons. The molecule has 5 nitrogen and oxygen atoms in total. The third kappa shape index (κ3) is 4.67. The number of ether oxygens (including phenoxy) is 1. The van der Waals surface area contributed by atoms with E-state index in [1.54, 1.807) is 6.20 Å². The molecule has 1 fully saturated rings. The number of nitrogens with zero attached hydrogens (tertiary/aromatic N) is 1. The first-order chi connectivity index (χ1) is 10.8. The molecule has 2 rings (SSSR count). The van der Waals surface area contributed by atoms with Crippen LogP contribution < -0.4 is 15.4 Å². The minimum absolute atomic E-state index is 0.0426. The highest BCUT2D eigenvalue weighted by atomic mass is 16.5. The number of nitrogens with one attached hydrogen (secondary N) is 2. The van der Waals surface area contributed by atoms with Gasteiger partial charge in [-0.25, -0.2) is 4.98 Å². The monoisotopic (exact) mass is 319 g/mol. The minimum Gasteiger partial charge on any atom is -0.476 e. The van der Waals surface area contributed by atoms with Crippen molar-refractivity contribution in [3.8, 4) is 5.88 Å². The van der Waals surface area contributed by atoms with Gasteiger partial charge in [0, 0.05) is 17.8 Å². The van der Waals surface area contributed by atoms with E-state index in [-0.39, 0.29) is 11.9 Å². The smallest absolute Gasteiger partial charge is 0.229 e. The quantitative estimate of drug-likeness (QED) is 0.873. The summed E-state index contributed by atoms with van der Waals surface area (Å²) in [5.74, 6) is 1.10. The topological polar surface area (TPSA) is 63.2 Å². The molecule has 1 aromatic rings. The molecule has 0 aromatic carbocycles. The fourth-order valence-electron chi connectivity index (χ4n) is 2.76. The van der Waals surface area contributed by atoms with Crippen molar-refractivity contribution in [3.05, 3.63) is 23.4 Å². The van der Waals surface area contributed by atoms with Crippen LogP contribution in [0.4, 0.5) is 0 Å². The average Bonchev–Trinajstić information content (AvgIpc) is 2.48. The van der Waals surface area contributed by atoms with Gasteiger partial charge in [0.1, 0.15) is 6.61 Å². The van der Waals surface area contributed by atoms with Crippen LogP contribution in [0.2, 0.25) is 0 Å². The van der Waals surface area contributed by atoms with Gasteiger partial charge >= 0.3 is 0 Å². The van der Waals surface area contributed by atoms with Gasteiger partial charge in [-0.3, -0.25) is 4.79 Å². The summed E-state index contributed by atoms with van der Waals surface area (Å²) in [7, 11) is 0. The van der Waals surface area contributed by atoms with E-state index in [9.17, 15) is 4.79 Å². The van der Waals surface area contributed by atoms with Crippen molar-refractivity contribution >= 4 is 5.91 Å². The first-order valence-corrected chi connectivity index (χ1v) is 8.37. The van der Waals surface area contributed by atoms with Gasteiger partial charge in [-0.15, -0.1) is 0 Å². The van der Waals surface area contributed by atoms with Gasteiger partial charge in [0.25, 0.3) is 0 Å². The number of hydrogen-bond acceptors (Lipinski definition) is 4. The van der Waals surface area contributed by atoms with Crippen molar-refractivity contribution in [2.24, 2.45) is 11.3 Å². The van der Waals surface area contributed by atoms with Crippen molar-refractivity contribution in [1.82, 2.24) is 15.6 Å². The normalized spacial score (nSPS) is 21.8. The third-order valence-corrected chi connectivity index (χ3v) is 4.45. The summed E-state index contributed by atoms with van der Waals surface area (Å²) in [6.07, 6.45) is 2.76. The maximum absolute atomic E-state index is 12.6. The number of piperidine rings is 1. The molecule has 1 aliphatic rings. The fourth-order valence-corrected chi connectivity index (χ4v) is 2.76. The molecule has 0 unspecified atom stereocenters. The molecular formula is C18H29N3O2. The van der Waals surface area contributed by atoms with E-state index in [4.69, 9.17) is 4.74 Å². The zero-order chi connectivity index (χ0) is 17.0. The summed E-state index contributed by atoms with van der Waals surface area (Å²) in [5.41, 5.74) is 1.50. The minimum atomic E-state index is -0.594. The zero-order valence-corrected chi connectivity index (χ0v) is 14.9. The lowest BCUT2D eigenvalue weighted by molar-refractivity contribution is -0.132. The van der Waals surface area contributed by atoms with Crippen molar-refractivity contribution < 1.29 is 9.53 Å². The number of hydrogen-bond donors (Lipinski definition) is 2. The molecule has 0 saturated carbocycles. The Morgan fingerprint density at radius 3 is 2.87 bits per heavy atom. The largest absolute Gasteiger partial charge is 0.476 e. The maximum atomic E-state index is 12.6. The highest BCUT2D eigenvalue weighted by Crippen LogP contribution is 2.22. The lowest BCUT2D eigenvalue weighted by atomic mass is 9.90. The summed E-state index contributed by atoms with van der Waals surface area (Å²) in [6, 6.07) is 2.27. The van der Waals surface area contributed by atoms with Gasteiger partial charge in [-0.2, -0.15) is 0 Å². The zero-order valence-electron chi connectivity index (χ0n) is 14.9. The number of aromatic nitrogens is 1.